The van der Waals surface area contributed by atoms with Gasteiger partial charge in [0.05, 0.1) is 0 Å². The molecule has 0 bridgehead atoms. The summed E-state index contributed by atoms with van der Waals surface area (Å²) >= 11 is -5.54. The first-order valence-corrected chi connectivity index (χ1v) is 25.2. The first kappa shape index (κ1) is 49.4. The van der Waals surface area contributed by atoms with Crippen LogP contribution in [-0.4, -0.2) is 58.6 Å². The van der Waals surface area contributed by atoms with Gasteiger partial charge in [-0.15, -0.1) is 0 Å². The second-order valence-corrected chi connectivity index (χ2v) is 26.3. The fourth-order valence-corrected chi connectivity index (χ4v) is 24.9. The molecular weight excluding hydrogens is 893 g/mol. The molecule has 58 heavy (non-hydrogen) atoms. The van der Waals surface area contributed by atoms with Crippen LogP contribution in [0, 0.1) is 0 Å². The molecule has 0 fully saturated rings. The first-order chi connectivity index (χ1) is 27.8. The van der Waals surface area contributed by atoms with Crippen LogP contribution in [-0.2, 0) is 0 Å². The minimum atomic E-state index is -2.77. The SMILES string of the molecule is OO.OO.OO.[Cl-].[Cl-].c1ccc([As+](c2ccccc2)(c2ccccc2)c2ccccc2)cc1.c1ccc([As+](c2ccccc2)(c2ccccc2)c2ccccc2)cc1. The van der Waals surface area contributed by atoms with Crippen LogP contribution in [0.5, 0.6) is 0 Å². The molecule has 0 aliphatic carbocycles. The molecule has 0 saturated carbocycles. The molecule has 10 heteroatoms. The Morgan fingerprint density at radius 1 is 0.172 bits per heavy atom. The number of hydrogen-bond acceptors (Lipinski definition) is 6. The molecule has 0 aromatic heterocycles. The van der Waals surface area contributed by atoms with Crippen molar-refractivity contribution in [2.24, 2.45) is 0 Å². The molecule has 8 aromatic rings. The van der Waals surface area contributed by atoms with E-state index in [1.54, 1.807) is 0 Å². The Kier molecular flexibility index (Phi) is 23.0. The van der Waals surface area contributed by atoms with E-state index in [1.165, 1.54) is 34.8 Å². The molecule has 298 valence electrons. The van der Waals surface area contributed by atoms with Crippen molar-refractivity contribution in [1.29, 1.82) is 0 Å². The van der Waals surface area contributed by atoms with Gasteiger partial charge in [-0.05, 0) is 0 Å². The van der Waals surface area contributed by atoms with E-state index in [9.17, 15) is 0 Å². The van der Waals surface area contributed by atoms with Gasteiger partial charge in [-0.1, -0.05) is 0 Å². The molecule has 0 unspecified atom stereocenters. The molecule has 0 heterocycles. The van der Waals surface area contributed by atoms with Crippen molar-refractivity contribution in [2.75, 3.05) is 0 Å². The molecule has 8 rings (SSSR count). The second kappa shape index (κ2) is 27.0. The van der Waals surface area contributed by atoms with E-state index >= 15 is 0 Å². The summed E-state index contributed by atoms with van der Waals surface area (Å²) in [5.74, 6) is 0. The molecule has 6 N–H and O–H groups in total. The Hall–Kier alpha value is -4.78. The van der Waals surface area contributed by atoms with E-state index in [0.717, 1.165) is 0 Å². The van der Waals surface area contributed by atoms with Crippen molar-refractivity contribution < 1.29 is 56.4 Å². The molecule has 8 aromatic carbocycles. The minimum absolute atomic E-state index is 0. The Labute approximate surface area is 358 Å². The summed E-state index contributed by atoms with van der Waals surface area (Å²) in [4.78, 5) is 0. The van der Waals surface area contributed by atoms with Gasteiger partial charge in [-0.25, -0.2) is 0 Å². The molecule has 0 radical (unpaired) electrons. The van der Waals surface area contributed by atoms with Gasteiger partial charge in [0, 0.05) is 0 Å². The summed E-state index contributed by atoms with van der Waals surface area (Å²) in [7, 11) is 0. The second-order valence-electron chi connectivity index (χ2n) is 12.0. The van der Waals surface area contributed by atoms with Crippen molar-refractivity contribution in [2.45, 2.75) is 0 Å². The fourth-order valence-electron chi connectivity index (χ4n) is 7.00. The van der Waals surface area contributed by atoms with E-state index in [0.29, 0.717) is 0 Å². The molecule has 0 spiro atoms. The van der Waals surface area contributed by atoms with Crippen molar-refractivity contribution in [3.8, 4) is 0 Å². The number of rotatable bonds is 8. The summed E-state index contributed by atoms with van der Waals surface area (Å²) in [6, 6.07) is 88.4. The summed E-state index contributed by atoms with van der Waals surface area (Å²) in [5.41, 5.74) is 0. The fraction of sp³-hybridized carbons (Fsp3) is 0. The van der Waals surface area contributed by atoms with E-state index in [1.807, 2.05) is 0 Å². The Morgan fingerprint density at radius 3 is 0.345 bits per heavy atom. The topological polar surface area (TPSA) is 121 Å². The monoisotopic (exact) mass is 938 g/mol. The van der Waals surface area contributed by atoms with Crippen LogP contribution in [0.3, 0.4) is 0 Å². The third kappa shape index (κ3) is 11.2. The molecular formula is C48H46As2Cl2O6. The van der Waals surface area contributed by atoms with Gasteiger partial charge in [0.2, 0.25) is 0 Å². The zero-order chi connectivity index (χ0) is 39.9. The van der Waals surface area contributed by atoms with Crippen molar-refractivity contribution in [3.63, 3.8) is 0 Å². The van der Waals surface area contributed by atoms with Crippen molar-refractivity contribution >= 4 is 61.9 Å². The third-order valence-corrected chi connectivity index (χ3v) is 27.2. The van der Waals surface area contributed by atoms with E-state index in [4.69, 9.17) is 31.5 Å². The predicted molar refractivity (Wildman–Crippen MR) is 236 cm³/mol. The van der Waals surface area contributed by atoms with E-state index < -0.39 is 27.1 Å². The van der Waals surface area contributed by atoms with Crippen LogP contribution < -0.4 is 59.6 Å². The van der Waals surface area contributed by atoms with Crippen LogP contribution in [0.15, 0.2) is 243 Å². The van der Waals surface area contributed by atoms with Crippen LogP contribution in [0.4, 0.5) is 0 Å². The van der Waals surface area contributed by atoms with Crippen LogP contribution >= 0.6 is 0 Å². The maximum atomic E-state index is 6.00. The summed E-state index contributed by atoms with van der Waals surface area (Å²) in [5, 5.41) is 36.0. The van der Waals surface area contributed by atoms with Crippen molar-refractivity contribution in [1.82, 2.24) is 0 Å². The molecule has 0 aliphatic heterocycles. The van der Waals surface area contributed by atoms with E-state index in [-0.39, 0.29) is 24.8 Å². The van der Waals surface area contributed by atoms with Gasteiger partial charge < -0.3 is 24.8 Å². The van der Waals surface area contributed by atoms with Crippen molar-refractivity contribution in [3.05, 3.63) is 243 Å². The Morgan fingerprint density at radius 2 is 0.259 bits per heavy atom. The van der Waals surface area contributed by atoms with E-state index in [2.05, 4.69) is 243 Å². The standard InChI is InChI=1S/2C24H20As.2ClH.3H2O2/c2*1-5-13-21(14-6-1)25(22-15-7-2-8-16-22,23-17-9-3-10-18-23)24-19-11-4-12-20-24;;;3*1-2/h2*1-20H;2*1H;3*1-2H/q2*+1;;;;;/p-2. The quantitative estimate of drug-likeness (QED) is 0.0737. The first-order valence-electron chi connectivity index (χ1n) is 17.7. The summed E-state index contributed by atoms with van der Waals surface area (Å²) < 4.78 is 11.6. The van der Waals surface area contributed by atoms with Crippen LogP contribution in [0.1, 0.15) is 0 Å². The maximum absolute atomic E-state index is 6.00. The van der Waals surface area contributed by atoms with Gasteiger partial charge in [0.15, 0.2) is 0 Å². The average molecular weight is 940 g/mol. The molecule has 0 amide bonds. The third-order valence-electron chi connectivity index (χ3n) is 9.15. The molecule has 0 atom stereocenters. The van der Waals surface area contributed by atoms with Crippen LogP contribution in [0.25, 0.3) is 0 Å². The van der Waals surface area contributed by atoms with Gasteiger partial charge in [0.25, 0.3) is 0 Å². The average Bonchev–Trinajstić information content (AvgIpc) is 3.32. The van der Waals surface area contributed by atoms with Gasteiger partial charge >= 0.3 is 305 Å². The van der Waals surface area contributed by atoms with Gasteiger partial charge in [-0.2, -0.15) is 0 Å². The normalized spacial score (nSPS) is 9.97. The zero-order valence-corrected chi connectivity index (χ0v) is 36.7. The molecule has 0 aliphatic rings. The summed E-state index contributed by atoms with van der Waals surface area (Å²) in [6.07, 6.45) is 0. The molecule has 6 nitrogen and oxygen atoms in total. The van der Waals surface area contributed by atoms with Gasteiger partial charge in [-0.3, -0.25) is 31.5 Å². The zero-order valence-electron chi connectivity index (χ0n) is 31.4. The molecule has 0 saturated heterocycles. The number of hydrogen-bond donors (Lipinski definition) is 6. The van der Waals surface area contributed by atoms with Gasteiger partial charge in [0.1, 0.15) is 0 Å². The predicted octanol–water partition coefficient (Wildman–Crippen LogP) is 0.188. The Balaban J connectivity index is 0.000000344. The van der Waals surface area contributed by atoms with Crippen LogP contribution in [0.2, 0.25) is 0 Å². The number of benzene rings is 8. The Bertz CT molecular complexity index is 1710. The number of halogens is 2. The summed E-state index contributed by atoms with van der Waals surface area (Å²) in [6.45, 7) is 0.